The Balaban J connectivity index is 3.03. The molecule has 106 valence electrons. The molecule has 0 spiro atoms. The highest BCUT2D eigenvalue weighted by Gasteiger charge is 2.20. The van der Waals surface area contributed by atoms with Crippen LogP contribution in [0.1, 0.15) is 0 Å². The maximum Gasteiger partial charge on any atom is 0.270 e. The molecule has 0 heterocycles. The Morgan fingerprint density at radius 1 is 1.47 bits per heavy atom. The molecule has 0 aliphatic rings. The van der Waals surface area contributed by atoms with Crippen molar-refractivity contribution in [2.75, 3.05) is 24.3 Å². The Morgan fingerprint density at radius 2 is 2.11 bits per heavy atom. The number of rotatable bonds is 6. The molecule has 8 nitrogen and oxygen atoms in total. The van der Waals surface area contributed by atoms with E-state index >= 15 is 0 Å². The van der Waals surface area contributed by atoms with Gasteiger partial charge in [0.25, 0.3) is 5.69 Å². The van der Waals surface area contributed by atoms with Gasteiger partial charge in [0.15, 0.2) is 0 Å². The first-order valence-corrected chi connectivity index (χ1v) is 8.28. The first-order chi connectivity index (χ1) is 8.74. The summed E-state index contributed by atoms with van der Waals surface area (Å²) in [5, 5.41) is 10.6. The third-order valence-electron chi connectivity index (χ3n) is 2.18. The van der Waals surface area contributed by atoms with E-state index in [0.29, 0.717) is 0 Å². The molecule has 0 aliphatic carbocycles. The van der Waals surface area contributed by atoms with Crippen LogP contribution in [0.3, 0.4) is 0 Å². The largest absolute Gasteiger partial charge is 0.398 e. The predicted octanol–water partition coefficient (Wildman–Crippen LogP) is -0.166. The number of hydrogen-bond donors (Lipinski definition) is 2. The molecule has 0 radical (unpaired) electrons. The van der Waals surface area contributed by atoms with E-state index in [-0.39, 0.29) is 28.6 Å². The number of nitrogens with two attached hydrogens (primary N) is 1. The van der Waals surface area contributed by atoms with Crippen LogP contribution in [0.4, 0.5) is 11.4 Å². The van der Waals surface area contributed by atoms with E-state index in [9.17, 15) is 22.7 Å². The summed E-state index contributed by atoms with van der Waals surface area (Å²) in [6.45, 7) is -0.0342. The van der Waals surface area contributed by atoms with Crippen LogP contribution >= 0.6 is 0 Å². The number of anilines is 1. The van der Waals surface area contributed by atoms with Crippen LogP contribution in [0.5, 0.6) is 0 Å². The average molecular weight is 307 g/mol. The lowest BCUT2D eigenvalue weighted by molar-refractivity contribution is -0.385. The zero-order chi connectivity index (χ0) is 14.6. The highest BCUT2D eigenvalue weighted by molar-refractivity contribution is 7.89. The molecule has 0 saturated heterocycles. The molecule has 0 fully saturated rings. The van der Waals surface area contributed by atoms with Crippen molar-refractivity contribution in [2.45, 2.75) is 4.90 Å². The van der Waals surface area contributed by atoms with Gasteiger partial charge in [-0.3, -0.25) is 14.3 Å². The van der Waals surface area contributed by atoms with Crippen LogP contribution in [0, 0.1) is 10.1 Å². The predicted molar refractivity (Wildman–Crippen MR) is 71.6 cm³/mol. The summed E-state index contributed by atoms with van der Waals surface area (Å²) in [5.74, 6) is 0.147. The van der Waals surface area contributed by atoms with Crippen molar-refractivity contribution >= 4 is 32.2 Å². The zero-order valence-electron chi connectivity index (χ0n) is 10.0. The standard InChI is InChI=1S/C9H13N3O5S2/c1-18(15)5-4-11-19(16,17)9-6-7(12(13)14)2-3-8(9)10/h2-3,6,11H,4-5,10H2,1H3. The Morgan fingerprint density at radius 3 is 2.63 bits per heavy atom. The third-order valence-corrected chi connectivity index (χ3v) is 4.47. The highest BCUT2D eigenvalue weighted by Crippen LogP contribution is 2.23. The van der Waals surface area contributed by atoms with Crippen LogP contribution in [0.15, 0.2) is 23.1 Å². The number of benzene rings is 1. The fourth-order valence-corrected chi connectivity index (χ4v) is 2.97. The monoisotopic (exact) mass is 307 g/mol. The van der Waals surface area contributed by atoms with E-state index in [1.54, 1.807) is 0 Å². The summed E-state index contributed by atoms with van der Waals surface area (Å²) in [6.07, 6.45) is 1.44. The molecule has 0 aromatic heterocycles. The molecule has 1 atom stereocenters. The van der Waals surface area contributed by atoms with Gasteiger partial charge in [0.05, 0.1) is 10.6 Å². The van der Waals surface area contributed by atoms with E-state index in [1.165, 1.54) is 6.26 Å². The van der Waals surface area contributed by atoms with Gasteiger partial charge < -0.3 is 5.73 Å². The number of non-ortho nitro benzene ring substituents is 1. The number of sulfonamides is 1. The quantitative estimate of drug-likeness (QED) is 0.426. The minimum Gasteiger partial charge on any atom is -0.398 e. The third kappa shape index (κ3) is 4.26. The van der Waals surface area contributed by atoms with Crippen molar-refractivity contribution in [1.29, 1.82) is 0 Å². The molecule has 3 N–H and O–H groups in total. The van der Waals surface area contributed by atoms with Crippen LogP contribution in [-0.4, -0.2) is 36.1 Å². The van der Waals surface area contributed by atoms with Gasteiger partial charge in [-0.1, -0.05) is 0 Å². The number of nitro benzene ring substituents is 1. The fraction of sp³-hybridized carbons (Fsp3) is 0.333. The molecule has 1 rings (SSSR count). The smallest absolute Gasteiger partial charge is 0.270 e. The number of hydrogen-bond acceptors (Lipinski definition) is 6. The topological polar surface area (TPSA) is 132 Å². The second-order valence-corrected chi connectivity index (χ2v) is 6.94. The summed E-state index contributed by atoms with van der Waals surface area (Å²) >= 11 is 0. The molecule has 10 heteroatoms. The summed E-state index contributed by atoms with van der Waals surface area (Å²) < 4.78 is 36.8. The van der Waals surface area contributed by atoms with Crippen LogP contribution in [0.2, 0.25) is 0 Å². The molecule has 0 saturated carbocycles. The van der Waals surface area contributed by atoms with Crippen molar-refractivity contribution in [1.82, 2.24) is 4.72 Å². The van der Waals surface area contributed by atoms with Gasteiger partial charge in [-0.2, -0.15) is 0 Å². The second-order valence-electron chi connectivity index (χ2n) is 3.65. The van der Waals surface area contributed by atoms with Crippen molar-refractivity contribution < 1.29 is 17.6 Å². The molecule has 19 heavy (non-hydrogen) atoms. The average Bonchev–Trinajstić information content (AvgIpc) is 2.28. The first-order valence-electron chi connectivity index (χ1n) is 5.07. The molecular formula is C9H13N3O5S2. The zero-order valence-corrected chi connectivity index (χ0v) is 11.7. The summed E-state index contributed by atoms with van der Waals surface area (Å²) in [7, 11) is -5.10. The molecular weight excluding hydrogens is 294 g/mol. The van der Waals surface area contributed by atoms with Crippen molar-refractivity contribution in [3.8, 4) is 0 Å². The molecule has 1 aromatic rings. The van der Waals surface area contributed by atoms with E-state index in [1.807, 2.05) is 0 Å². The Kier molecular flexibility index (Phi) is 4.97. The van der Waals surface area contributed by atoms with E-state index in [4.69, 9.17) is 5.73 Å². The number of nitrogens with one attached hydrogen (secondary N) is 1. The van der Waals surface area contributed by atoms with Crippen molar-refractivity contribution in [2.24, 2.45) is 0 Å². The SMILES string of the molecule is CS(=O)CCNS(=O)(=O)c1cc([N+](=O)[O-])ccc1N. The maximum absolute atomic E-state index is 11.9. The van der Waals surface area contributed by atoms with Gasteiger partial charge in [0.2, 0.25) is 10.0 Å². The van der Waals surface area contributed by atoms with Crippen LogP contribution in [0.25, 0.3) is 0 Å². The minimum atomic E-state index is -3.96. The molecule has 0 bridgehead atoms. The molecule has 1 unspecified atom stereocenters. The Hall–Kier alpha value is -1.52. The van der Waals surface area contributed by atoms with Crippen LogP contribution in [-0.2, 0) is 20.8 Å². The number of nitrogens with zero attached hydrogens (tertiary/aromatic N) is 1. The lowest BCUT2D eigenvalue weighted by Gasteiger charge is -2.08. The van der Waals surface area contributed by atoms with Gasteiger partial charge in [0, 0.05) is 41.5 Å². The molecule has 1 aromatic carbocycles. The van der Waals surface area contributed by atoms with Gasteiger partial charge in [0.1, 0.15) is 4.90 Å². The minimum absolute atomic E-state index is 0.0342. The molecule has 0 amide bonds. The Labute approximate surface area is 112 Å². The summed E-state index contributed by atoms with van der Waals surface area (Å²) in [5.41, 5.74) is 5.05. The van der Waals surface area contributed by atoms with E-state index in [0.717, 1.165) is 18.2 Å². The normalized spacial score (nSPS) is 13.1. The number of nitro groups is 1. The molecule has 0 aliphatic heterocycles. The van der Waals surface area contributed by atoms with Gasteiger partial charge in [-0.25, -0.2) is 13.1 Å². The first kappa shape index (κ1) is 15.5. The van der Waals surface area contributed by atoms with Crippen molar-refractivity contribution in [3.05, 3.63) is 28.3 Å². The van der Waals surface area contributed by atoms with E-state index < -0.39 is 25.7 Å². The van der Waals surface area contributed by atoms with E-state index in [2.05, 4.69) is 4.72 Å². The van der Waals surface area contributed by atoms with Gasteiger partial charge in [-0.15, -0.1) is 0 Å². The van der Waals surface area contributed by atoms with Gasteiger partial charge in [-0.05, 0) is 6.07 Å². The van der Waals surface area contributed by atoms with Crippen molar-refractivity contribution in [3.63, 3.8) is 0 Å². The van der Waals surface area contributed by atoms with Gasteiger partial charge >= 0.3 is 0 Å². The number of nitrogen functional groups attached to an aromatic ring is 1. The fourth-order valence-electron chi connectivity index (χ4n) is 1.27. The lowest BCUT2D eigenvalue weighted by atomic mass is 10.3. The summed E-state index contributed by atoms with van der Waals surface area (Å²) in [4.78, 5) is 9.54. The summed E-state index contributed by atoms with van der Waals surface area (Å²) in [6, 6.07) is 3.17. The van der Waals surface area contributed by atoms with Crippen LogP contribution < -0.4 is 10.5 Å². The Bertz CT molecular complexity index is 614. The highest BCUT2D eigenvalue weighted by atomic mass is 32.2. The second kappa shape index (κ2) is 6.08. The maximum atomic E-state index is 11.9. The lowest BCUT2D eigenvalue weighted by Crippen LogP contribution is -2.28.